The highest BCUT2D eigenvalue weighted by atomic mass is 14.1. The SMILES string of the molecule is c1ccc2c(c1)cc1ccc3cccc4ccc2c1c34.c1ccc2cc3c(ccc4ccccc43)cc2c1. The van der Waals surface area contributed by atoms with Crippen LogP contribution in [0, 0.1) is 0 Å². The lowest BCUT2D eigenvalue weighted by Crippen LogP contribution is -1.85. The molecule has 0 radical (unpaired) electrons. The van der Waals surface area contributed by atoms with Crippen molar-refractivity contribution in [1.29, 1.82) is 0 Å². The molecule has 0 spiro atoms. The van der Waals surface area contributed by atoms with Crippen LogP contribution in [0.5, 0.6) is 0 Å². The molecule has 0 heterocycles. The Morgan fingerprint density at radius 2 is 0.684 bits per heavy atom. The van der Waals surface area contributed by atoms with Crippen LogP contribution in [0.15, 0.2) is 146 Å². The molecule has 0 nitrogen and oxygen atoms in total. The molecular formula is C38H24. The Hall–Kier alpha value is -4.94. The van der Waals surface area contributed by atoms with Gasteiger partial charge in [-0.05, 0) is 93.6 Å². The van der Waals surface area contributed by atoms with E-state index in [0.717, 1.165) is 0 Å². The summed E-state index contributed by atoms with van der Waals surface area (Å²) in [6.07, 6.45) is 0. The number of benzene rings is 9. The Balaban J connectivity index is 0.000000119. The van der Waals surface area contributed by atoms with Crippen LogP contribution in [-0.4, -0.2) is 0 Å². The predicted octanol–water partition coefficient (Wildman–Crippen LogP) is 10.9. The van der Waals surface area contributed by atoms with Crippen LogP contribution in [-0.2, 0) is 0 Å². The molecule has 9 aromatic carbocycles. The molecular weight excluding hydrogens is 456 g/mol. The summed E-state index contributed by atoms with van der Waals surface area (Å²) in [4.78, 5) is 0. The molecule has 38 heavy (non-hydrogen) atoms. The van der Waals surface area contributed by atoms with Gasteiger partial charge in [-0.3, -0.25) is 0 Å². The van der Waals surface area contributed by atoms with E-state index in [0.29, 0.717) is 0 Å². The van der Waals surface area contributed by atoms with Gasteiger partial charge in [0.05, 0.1) is 0 Å². The Labute approximate surface area is 220 Å². The van der Waals surface area contributed by atoms with Gasteiger partial charge in [0.2, 0.25) is 0 Å². The van der Waals surface area contributed by atoms with Crippen molar-refractivity contribution in [2.75, 3.05) is 0 Å². The molecule has 0 amide bonds. The van der Waals surface area contributed by atoms with Crippen molar-refractivity contribution < 1.29 is 0 Å². The van der Waals surface area contributed by atoms with Gasteiger partial charge in [0, 0.05) is 0 Å². The van der Waals surface area contributed by atoms with Crippen LogP contribution in [0.4, 0.5) is 0 Å². The van der Waals surface area contributed by atoms with Gasteiger partial charge in [0.25, 0.3) is 0 Å². The maximum Gasteiger partial charge on any atom is -0.00204 e. The second-order valence-electron chi connectivity index (χ2n) is 10.2. The van der Waals surface area contributed by atoms with E-state index in [4.69, 9.17) is 0 Å². The van der Waals surface area contributed by atoms with Crippen molar-refractivity contribution in [3.05, 3.63) is 146 Å². The van der Waals surface area contributed by atoms with Gasteiger partial charge in [-0.25, -0.2) is 0 Å². The van der Waals surface area contributed by atoms with Crippen LogP contribution < -0.4 is 0 Å². The van der Waals surface area contributed by atoms with Crippen molar-refractivity contribution in [2.45, 2.75) is 0 Å². The zero-order valence-corrected chi connectivity index (χ0v) is 20.9. The first-order valence-corrected chi connectivity index (χ1v) is 13.2. The molecule has 176 valence electrons. The van der Waals surface area contributed by atoms with Crippen molar-refractivity contribution >= 4 is 75.4 Å². The highest BCUT2D eigenvalue weighted by Crippen LogP contribution is 2.38. The molecule has 0 aliphatic heterocycles. The van der Waals surface area contributed by atoms with Gasteiger partial charge < -0.3 is 0 Å². The molecule has 0 N–H and O–H groups in total. The Morgan fingerprint density at radius 3 is 1.47 bits per heavy atom. The van der Waals surface area contributed by atoms with Crippen LogP contribution in [0.25, 0.3) is 75.4 Å². The summed E-state index contributed by atoms with van der Waals surface area (Å²) in [6.45, 7) is 0. The minimum atomic E-state index is 1.31. The summed E-state index contributed by atoms with van der Waals surface area (Å²) in [5.74, 6) is 0. The second-order valence-corrected chi connectivity index (χ2v) is 10.2. The fraction of sp³-hybridized carbons (Fsp3) is 0. The molecule has 0 aliphatic rings. The molecule has 0 aliphatic carbocycles. The number of hydrogen-bond donors (Lipinski definition) is 0. The summed E-state index contributed by atoms with van der Waals surface area (Å²) in [7, 11) is 0. The fourth-order valence-electron chi connectivity index (χ4n) is 6.19. The molecule has 0 fully saturated rings. The molecule has 9 rings (SSSR count). The van der Waals surface area contributed by atoms with E-state index >= 15 is 0 Å². The van der Waals surface area contributed by atoms with Crippen LogP contribution in [0.1, 0.15) is 0 Å². The molecule has 0 saturated carbocycles. The minimum absolute atomic E-state index is 1.31. The molecule has 0 bridgehead atoms. The topological polar surface area (TPSA) is 0 Å². The first-order chi connectivity index (χ1) is 18.8. The standard InChI is InChI=1S/C20H12.C18H12/c1-2-7-17-15(4-1)12-16-9-8-13-5-3-6-14-10-11-18(17)20(16)19(13)14;1-2-7-15-12-18-16(11-14(15)6-1)10-9-13-5-3-4-8-17(13)18/h1-12H;1-12H. The van der Waals surface area contributed by atoms with Crippen LogP contribution in [0.3, 0.4) is 0 Å². The number of rotatable bonds is 0. The summed E-state index contributed by atoms with van der Waals surface area (Å²) in [5.41, 5.74) is 0. The Morgan fingerprint density at radius 1 is 0.211 bits per heavy atom. The van der Waals surface area contributed by atoms with Crippen molar-refractivity contribution in [2.24, 2.45) is 0 Å². The van der Waals surface area contributed by atoms with E-state index in [1.54, 1.807) is 0 Å². The van der Waals surface area contributed by atoms with Crippen molar-refractivity contribution in [3.63, 3.8) is 0 Å². The third-order valence-corrected chi connectivity index (χ3v) is 7.98. The molecule has 0 heteroatoms. The monoisotopic (exact) mass is 480 g/mol. The largest absolute Gasteiger partial charge is 0.0616 e. The lowest BCUT2D eigenvalue weighted by Gasteiger charge is -2.12. The normalized spacial score (nSPS) is 11.7. The Bertz CT molecular complexity index is 2260. The maximum atomic E-state index is 2.31. The van der Waals surface area contributed by atoms with Gasteiger partial charge in [-0.15, -0.1) is 0 Å². The summed E-state index contributed by atoms with van der Waals surface area (Å²) in [6, 6.07) is 52.6. The summed E-state index contributed by atoms with van der Waals surface area (Å²) >= 11 is 0. The third kappa shape index (κ3) is 3.24. The Kier molecular flexibility index (Phi) is 4.62. The fourth-order valence-corrected chi connectivity index (χ4v) is 6.19. The highest BCUT2D eigenvalue weighted by molar-refractivity contribution is 6.28. The van der Waals surface area contributed by atoms with E-state index in [2.05, 4.69) is 146 Å². The van der Waals surface area contributed by atoms with Gasteiger partial charge in [-0.2, -0.15) is 0 Å². The van der Waals surface area contributed by atoms with Crippen LogP contribution >= 0.6 is 0 Å². The maximum absolute atomic E-state index is 2.31. The minimum Gasteiger partial charge on any atom is -0.0616 e. The first kappa shape index (κ1) is 21.2. The van der Waals surface area contributed by atoms with Crippen molar-refractivity contribution in [3.8, 4) is 0 Å². The van der Waals surface area contributed by atoms with Gasteiger partial charge in [-0.1, -0.05) is 127 Å². The van der Waals surface area contributed by atoms with E-state index in [1.807, 2.05) is 0 Å². The summed E-state index contributed by atoms with van der Waals surface area (Å²) < 4.78 is 0. The lowest BCUT2D eigenvalue weighted by molar-refractivity contribution is 1.77. The number of hydrogen-bond acceptors (Lipinski definition) is 0. The molecule has 9 aromatic rings. The van der Waals surface area contributed by atoms with E-state index in [9.17, 15) is 0 Å². The molecule has 0 atom stereocenters. The third-order valence-electron chi connectivity index (χ3n) is 7.98. The second kappa shape index (κ2) is 8.30. The van der Waals surface area contributed by atoms with E-state index in [1.165, 1.54) is 75.4 Å². The van der Waals surface area contributed by atoms with Gasteiger partial charge in [0.1, 0.15) is 0 Å². The molecule has 0 saturated heterocycles. The highest BCUT2D eigenvalue weighted by Gasteiger charge is 2.10. The van der Waals surface area contributed by atoms with E-state index in [-0.39, 0.29) is 0 Å². The molecule has 0 aromatic heterocycles. The summed E-state index contributed by atoms with van der Waals surface area (Å²) in [5, 5.41) is 18.7. The quantitative estimate of drug-likeness (QED) is 0.150. The van der Waals surface area contributed by atoms with Crippen LogP contribution in [0.2, 0.25) is 0 Å². The smallest absolute Gasteiger partial charge is 0.00204 e. The van der Waals surface area contributed by atoms with Gasteiger partial charge in [0.15, 0.2) is 0 Å². The predicted molar refractivity (Wildman–Crippen MR) is 167 cm³/mol. The van der Waals surface area contributed by atoms with E-state index < -0.39 is 0 Å². The average molecular weight is 481 g/mol. The average Bonchev–Trinajstić information content (AvgIpc) is 2.99. The first-order valence-electron chi connectivity index (χ1n) is 13.2. The zero-order chi connectivity index (χ0) is 25.1. The lowest BCUT2D eigenvalue weighted by atomic mass is 9.91. The number of fused-ring (bicyclic) bond motifs is 6. The molecule has 0 unspecified atom stereocenters. The zero-order valence-electron chi connectivity index (χ0n) is 20.9. The van der Waals surface area contributed by atoms with Gasteiger partial charge >= 0.3 is 0 Å². The van der Waals surface area contributed by atoms with Crippen molar-refractivity contribution in [1.82, 2.24) is 0 Å².